The molecular weight excluding hydrogens is 293 g/mol. The molecule has 0 bridgehead atoms. The second-order valence-electron chi connectivity index (χ2n) is 3.40. The molecule has 1 aromatic carbocycles. The Morgan fingerprint density at radius 3 is 2.69 bits per heavy atom. The van der Waals surface area contributed by atoms with Crippen LogP contribution in [-0.2, 0) is 9.59 Å². The van der Waals surface area contributed by atoms with E-state index in [4.69, 9.17) is 11.6 Å². The molecule has 0 aliphatic carbocycles. The van der Waals surface area contributed by atoms with Crippen LogP contribution in [0.5, 0.6) is 0 Å². The van der Waals surface area contributed by atoms with E-state index < -0.39 is 0 Å². The minimum absolute atomic E-state index is 0.131. The van der Waals surface area contributed by atoms with E-state index in [1.54, 1.807) is 18.2 Å². The van der Waals surface area contributed by atoms with Crippen LogP contribution in [0.4, 0.5) is 0 Å². The molecule has 0 saturated carbocycles. The smallest absolute Gasteiger partial charge is 0.254 e. The molecule has 1 aliphatic rings. The molecule has 1 N–H and O–H groups in total. The van der Waals surface area contributed by atoms with Gasteiger partial charge in [0.2, 0.25) is 5.91 Å². The average Bonchev–Trinajstić information content (AvgIpc) is 2.51. The minimum Gasteiger partial charge on any atom is -0.292 e. The molecule has 0 spiro atoms. The lowest BCUT2D eigenvalue weighted by molar-refractivity contribution is -0.124. The summed E-state index contributed by atoms with van der Waals surface area (Å²) in [7, 11) is 0. The molecule has 0 aromatic heterocycles. The Hall–Kier alpha value is -1.13. The fraction of sp³-hybridized carbons (Fsp3) is 0.0909. The SMILES string of the molecule is O=C1C/C(=C/c2ccc(Br)c(Cl)c2)C(=O)N1. The van der Waals surface area contributed by atoms with E-state index in [0.717, 1.165) is 10.0 Å². The van der Waals surface area contributed by atoms with Crippen LogP contribution >= 0.6 is 27.5 Å². The quantitative estimate of drug-likeness (QED) is 0.640. The van der Waals surface area contributed by atoms with Gasteiger partial charge in [-0.1, -0.05) is 17.7 Å². The standard InChI is InChI=1S/C11H7BrClNO2/c12-8-2-1-6(4-9(8)13)3-7-5-10(15)14-11(7)16/h1-4H,5H2,(H,14,15,16)/b7-3-. The fourth-order valence-corrected chi connectivity index (χ4v) is 1.86. The van der Waals surface area contributed by atoms with Crippen molar-refractivity contribution in [2.75, 3.05) is 0 Å². The minimum atomic E-state index is -0.330. The van der Waals surface area contributed by atoms with Crippen molar-refractivity contribution in [3.8, 4) is 0 Å². The number of imide groups is 1. The van der Waals surface area contributed by atoms with Gasteiger partial charge in [0.05, 0.1) is 11.4 Å². The number of hydrogen-bond donors (Lipinski definition) is 1. The summed E-state index contributed by atoms with van der Waals surface area (Å²) < 4.78 is 0.795. The van der Waals surface area contributed by atoms with Gasteiger partial charge in [0.15, 0.2) is 0 Å². The van der Waals surface area contributed by atoms with Crippen LogP contribution in [0.25, 0.3) is 6.08 Å². The third kappa shape index (κ3) is 2.33. The number of hydrogen-bond acceptors (Lipinski definition) is 2. The zero-order valence-corrected chi connectivity index (χ0v) is 10.4. The van der Waals surface area contributed by atoms with E-state index in [2.05, 4.69) is 21.2 Å². The number of carbonyl (C=O) groups is 2. The molecule has 5 heteroatoms. The monoisotopic (exact) mass is 299 g/mol. The highest BCUT2D eigenvalue weighted by Gasteiger charge is 2.23. The Kier molecular flexibility index (Phi) is 3.12. The summed E-state index contributed by atoms with van der Waals surface area (Å²) in [6, 6.07) is 5.34. The summed E-state index contributed by atoms with van der Waals surface area (Å²) in [5.41, 5.74) is 1.26. The third-order valence-electron chi connectivity index (χ3n) is 2.18. The first-order valence-electron chi connectivity index (χ1n) is 4.56. The summed E-state index contributed by atoms with van der Waals surface area (Å²) in [5.74, 6) is -0.594. The Bertz CT molecular complexity index is 511. The van der Waals surface area contributed by atoms with Gasteiger partial charge >= 0.3 is 0 Å². The van der Waals surface area contributed by atoms with Gasteiger partial charge < -0.3 is 0 Å². The van der Waals surface area contributed by atoms with Crippen LogP contribution in [0.3, 0.4) is 0 Å². The second-order valence-corrected chi connectivity index (χ2v) is 4.66. The van der Waals surface area contributed by atoms with Crippen LogP contribution < -0.4 is 5.32 Å². The fourth-order valence-electron chi connectivity index (χ4n) is 1.42. The maximum atomic E-state index is 11.3. The molecule has 1 aliphatic heterocycles. The summed E-state index contributed by atoms with van der Waals surface area (Å²) in [4.78, 5) is 22.3. The molecule has 1 fully saturated rings. The second kappa shape index (κ2) is 4.39. The molecule has 1 aromatic rings. The Morgan fingerprint density at radius 1 is 1.38 bits per heavy atom. The first-order chi connectivity index (χ1) is 7.56. The summed E-state index contributed by atoms with van der Waals surface area (Å²) in [6.07, 6.45) is 1.80. The van der Waals surface area contributed by atoms with Gasteiger partial charge in [-0.05, 0) is 39.7 Å². The van der Waals surface area contributed by atoms with E-state index in [9.17, 15) is 9.59 Å². The number of carbonyl (C=O) groups excluding carboxylic acids is 2. The molecule has 0 unspecified atom stereocenters. The molecule has 1 heterocycles. The van der Waals surface area contributed by atoms with Crippen molar-refractivity contribution in [3.63, 3.8) is 0 Å². The maximum Gasteiger partial charge on any atom is 0.254 e. The van der Waals surface area contributed by atoms with Crippen molar-refractivity contribution < 1.29 is 9.59 Å². The molecular formula is C11H7BrClNO2. The van der Waals surface area contributed by atoms with Gasteiger partial charge in [-0.2, -0.15) is 0 Å². The highest BCUT2D eigenvalue weighted by atomic mass is 79.9. The Labute approximate surface area is 106 Å². The van der Waals surface area contributed by atoms with E-state index >= 15 is 0 Å². The Balaban J connectivity index is 2.32. The Morgan fingerprint density at radius 2 is 2.12 bits per heavy atom. The molecule has 3 nitrogen and oxygen atoms in total. The first kappa shape index (κ1) is 11.4. The summed E-state index contributed by atoms with van der Waals surface area (Å²) in [6.45, 7) is 0. The lowest BCUT2D eigenvalue weighted by atomic mass is 10.1. The van der Waals surface area contributed by atoms with Crippen molar-refractivity contribution in [3.05, 3.63) is 38.8 Å². The van der Waals surface area contributed by atoms with E-state index in [1.807, 2.05) is 6.07 Å². The zero-order chi connectivity index (χ0) is 11.7. The molecule has 2 rings (SSSR count). The molecule has 0 radical (unpaired) electrons. The highest BCUT2D eigenvalue weighted by molar-refractivity contribution is 9.10. The molecule has 16 heavy (non-hydrogen) atoms. The van der Waals surface area contributed by atoms with E-state index in [0.29, 0.717) is 10.6 Å². The van der Waals surface area contributed by atoms with E-state index in [1.165, 1.54) is 0 Å². The predicted molar refractivity (Wildman–Crippen MR) is 64.9 cm³/mol. The molecule has 0 atom stereocenters. The van der Waals surface area contributed by atoms with Gasteiger partial charge in [-0.15, -0.1) is 0 Å². The van der Waals surface area contributed by atoms with Crippen LogP contribution in [0, 0.1) is 0 Å². The molecule has 82 valence electrons. The highest BCUT2D eigenvalue weighted by Crippen LogP contribution is 2.25. The van der Waals surface area contributed by atoms with Gasteiger partial charge in [0, 0.05) is 10.0 Å². The van der Waals surface area contributed by atoms with Crippen LogP contribution in [0.1, 0.15) is 12.0 Å². The number of rotatable bonds is 1. The number of nitrogens with one attached hydrogen (secondary N) is 1. The number of amides is 2. The van der Waals surface area contributed by atoms with Crippen molar-refractivity contribution in [2.24, 2.45) is 0 Å². The van der Waals surface area contributed by atoms with Gasteiger partial charge in [-0.25, -0.2) is 0 Å². The summed E-state index contributed by atoms with van der Waals surface area (Å²) in [5, 5.41) is 2.79. The van der Waals surface area contributed by atoms with Crippen molar-refractivity contribution in [1.82, 2.24) is 5.32 Å². The first-order valence-corrected chi connectivity index (χ1v) is 5.73. The molecule has 1 saturated heterocycles. The number of benzene rings is 1. The van der Waals surface area contributed by atoms with Gasteiger partial charge in [-0.3, -0.25) is 14.9 Å². The van der Waals surface area contributed by atoms with Crippen LogP contribution in [0.2, 0.25) is 5.02 Å². The van der Waals surface area contributed by atoms with Gasteiger partial charge in [0.25, 0.3) is 5.91 Å². The largest absolute Gasteiger partial charge is 0.292 e. The van der Waals surface area contributed by atoms with Crippen molar-refractivity contribution in [2.45, 2.75) is 6.42 Å². The average molecular weight is 301 g/mol. The zero-order valence-electron chi connectivity index (χ0n) is 8.09. The predicted octanol–water partition coefficient (Wildman–Crippen LogP) is 2.53. The van der Waals surface area contributed by atoms with Crippen LogP contribution in [0.15, 0.2) is 28.2 Å². The van der Waals surface area contributed by atoms with E-state index in [-0.39, 0.29) is 18.2 Å². The third-order valence-corrected chi connectivity index (χ3v) is 3.41. The van der Waals surface area contributed by atoms with Crippen molar-refractivity contribution in [1.29, 1.82) is 0 Å². The lowest BCUT2D eigenvalue weighted by Gasteiger charge is -1.98. The maximum absolute atomic E-state index is 11.3. The topological polar surface area (TPSA) is 46.2 Å². The number of halogens is 2. The molecule has 2 amide bonds. The lowest BCUT2D eigenvalue weighted by Crippen LogP contribution is -2.19. The van der Waals surface area contributed by atoms with Gasteiger partial charge in [0.1, 0.15) is 0 Å². The normalized spacial score (nSPS) is 18.0. The van der Waals surface area contributed by atoms with Crippen LogP contribution in [-0.4, -0.2) is 11.8 Å². The summed E-state index contributed by atoms with van der Waals surface area (Å²) >= 11 is 9.20. The van der Waals surface area contributed by atoms with Crippen molar-refractivity contribution >= 4 is 45.4 Å².